The molecular weight excluding hydrogens is 332 g/mol. The SMILES string of the molecule is CC(C)CC(=O)N1CCN(C(=O)c2ccn[nH]2)[C@@H]2CS(=O)(=O)C[C@@H]21. The van der Waals surface area contributed by atoms with Gasteiger partial charge in [-0.1, -0.05) is 13.8 Å². The van der Waals surface area contributed by atoms with Gasteiger partial charge < -0.3 is 9.80 Å². The van der Waals surface area contributed by atoms with E-state index in [2.05, 4.69) is 10.2 Å². The van der Waals surface area contributed by atoms with Crippen LogP contribution in [0.4, 0.5) is 0 Å². The normalized spacial score (nSPS) is 25.8. The van der Waals surface area contributed by atoms with Crippen LogP contribution in [0.3, 0.4) is 0 Å². The number of H-pyrrole nitrogens is 1. The third-order valence-electron chi connectivity index (χ3n) is 4.57. The lowest BCUT2D eigenvalue weighted by atomic mass is 10.0. The first-order valence-corrected chi connectivity index (χ1v) is 9.91. The second-order valence-corrected chi connectivity index (χ2v) is 9.02. The summed E-state index contributed by atoms with van der Waals surface area (Å²) in [5.74, 6) is -0.267. The summed E-state index contributed by atoms with van der Waals surface area (Å²) in [7, 11) is -3.27. The second-order valence-electron chi connectivity index (χ2n) is 6.87. The lowest BCUT2D eigenvalue weighted by Gasteiger charge is -2.44. The molecule has 0 unspecified atom stereocenters. The minimum absolute atomic E-state index is 0.0364. The van der Waals surface area contributed by atoms with E-state index in [9.17, 15) is 18.0 Å². The first kappa shape index (κ1) is 16.9. The Hall–Kier alpha value is -1.90. The van der Waals surface area contributed by atoms with Crippen molar-refractivity contribution in [1.82, 2.24) is 20.0 Å². The van der Waals surface area contributed by atoms with Gasteiger partial charge in [0.15, 0.2) is 9.84 Å². The summed E-state index contributed by atoms with van der Waals surface area (Å²) in [5.41, 5.74) is 0.333. The van der Waals surface area contributed by atoms with Crippen LogP contribution in [0.25, 0.3) is 0 Å². The lowest BCUT2D eigenvalue weighted by Crippen LogP contribution is -2.62. The molecule has 1 aromatic rings. The molecule has 2 aliphatic rings. The molecule has 2 fully saturated rings. The Bertz CT molecular complexity index is 729. The number of piperazine rings is 1. The zero-order valence-corrected chi connectivity index (χ0v) is 14.6. The molecule has 0 bridgehead atoms. The van der Waals surface area contributed by atoms with Crippen LogP contribution in [0.1, 0.15) is 30.8 Å². The fraction of sp³-hybridized carbons (Fsp3) is 0.667. The quantitative estimate of drug-likeness (QED) is 0.817. The molecule has 2 saturated heterocycles. The predicted molar refractivity (Wildman–Crippen MR) is 87.0 cm³/mol. The van der Waals surface area contributed by atoms with Crippen LogP contribution in [0.2, 0.25) is 0 Å². The van der Waals surface area contributed by atoms with Crippen molar-refractivity contribution in [2.75, 3.05) is 24.6 Å². The minimum Gasteiger partial charge on any atom is -0.335 e. The molecule has 2 aliphatic heterocycles. The molecule has 24 heavy (non-hydrogen) atoms. The van der Waals surface area contributed by atoms with Gasteiger partial charge in [0.25, 0.3) is 5.91 Å². The van der Waals surface area contributed by atoms with Crippen molar-refractivity contribution in [3.05, 3.63) is 18.0 Å². The smallest absolute Gasteiger partial charge is 0.272 e. The van der Waals surface area contributed by atoms with E-state index in [4.69, 9.17) is 0 Å². The van der Waals surface area contributed by atoms with E-state index < -0.39 is 21.9 Å². The Labute approximate surface area is 141 Å². The fourth-order valence-electron chi connectivity index (χ4n) is 3.51. The molecule has 2 amide bonds. The van der Waals surface area contributed by atoms with E-state index in [0.29, 0.717) is 25.2 Å². The molecule has 2 atom stereocenters. The minimum atomic E-state index is -3.27. The van der Waals surface area contributed by atoms with E-state index in [1.54, 1.807) is 15.9 Å². The number of amides is 2. The van der Waals surface area contributed by atoms with Gasteiger partial charge in [-0.05, 0) is 12.0 Å². The maximum atomic E-state index is 12.6. The van der Waals surface area contributed by atoms with Crippen molar-refractivity contribution in [1.29, 1.82) is 0 Å². The van der Waals surface area contributed by atoms with E-state index in [-0.39, 0.29) is 29.2 Å². The number of rotatable bonds is 3. The van der Waals surface area contributed by atoms with Crippen molar-refractivity contribution in [2.24, 2.45) is 5.92 Å². The third-order valence-corrected chi connectivity index (χ3v) is 6.27. The average molecular weight is 354 g/mol. The van der Waals surface area contributed by atoms with Crippen molar-refractivity contribution in [2.45, 2.75) is 32.4 Å². The zero-order chi connectivity index (χ0) is 17.5. The van der Waals surface area contributed by atoms with E-state index in [1.807, 2.05) is 13.8 Å². The summed E-state index contributed by atoms with van der Waals surface area (Å²) in [4.78, 5) is 28.3. The Morgan fingerprint density at radius 2 is 1.88 bits per heavy atom. The van der Waals surface area contributed by atoms with Crippen molar-refractivity contribution in [3.8, 4) is 0 Å². The predicted octanol–water partition coefficient (Wildman–Crippen LogP) is -0.0942. The van der Waals surface area contributed by atoms with Gasteiger partial charge in [0.2, 0.25) is 5.91 Å². The topological polar surface area (TPSA) is 103 Å². The highest BCUT2D eigenvalue weighted by atomic mass is 32.2. The zero-order valence-electron chi connectivity index (χ0n) is 13.8. The number of carbonyl (C=O) groups excluding carboxylic acids is 2. The highest BCUT2D eigenvalue weighted by Gasteiger charge is 2.49. The molecule has 1 N–H and O–H groups in total. The van der Waals surface area contributed by atoms with Crippen molar-refractivity contribution < 1.29 is 18.0 Å². The van der Waals surface area contributed by atoms with Gasteiger partial charge in [0, 0.05) is 25.7 Å². The molecule has 8 nitrogen and oxygen atoms in total. The van der Waals surface area contributed by atoms with E-state index in [0.717, 1.165) is 0 Å². The van der Waals surface area contributed by atoms with Gasteiger partial charge in [0.05, 0.1) is 23.6 Å². The number of aromatic amines is 1. The molecular formula is C15H22N4O4S. The summed E-state index contributed by atoms with van der Waals surface area (Å²) in [6.07, 6.45) is 1.87. The molecule has 0 spiro atoms. The van der Waals surface area contributed by atoms with E-state index in [1.165, 1.54) is 6.20 Å². The number of aromatic nitrogens is 2. The summed E-state index contributed by atoms with van der Waals surface area (Å²) < 4.78 is 24.3. The van der Waals surface area contributed by atoms with Gasteiger partial charge in [-0.25, -0.2) is 8.42 Å². The first-order valence-electron chi connectivity index (χ1n) is 8.09. The van der Waals surface area contributed by atoms with Crippen LogP contribution in [-0.2, 0) is 14.6 Å². The van der Waals surface area contributed by atoms with Crippen molar-refractivity contribution >= 4 is 21.7 Å². The standard InChI is InChI=1S/C15H22N4O4S/c1-10(2)7-14(20)18-5-6-19(15(21)11-3-4-16-17-11)13-9-24(22,23)8-12(13)18/h3-4,10,12-13H,5-9H2,1-2H3,(H,16,17)/t12-,13+/m0/s1. The molecule has 0 radical (unpaired) electrons. The molecule has 3 heterocycles. The monoisotopic (exact) mass is 354 g/mol. The Kier molecular flexibility index (Phi) is 4.37. The fourth-order valence-corrected chi connectivity index (χ4v) is 5.49. The molecule has 0 aliphatic carbocycles. The first-order chi connectivity index (χ1) is 11.3. The van der Waals surface area contributed by atoms with Crippen LogP contribution < -0.4 is 0 Å². The maximum Gasteiger partial charge on any atom is 0.272 e. The number of nitrogens with one attached hydrogen (secondary N) is 1. The Balaban J connectivity index is 1.85. The largest absolute Gasteiger partial charge is 0.335 e. The average Bonchev–Trinajstić information content (AvgIpc) is 3.10. The van der Waals surface area contributed by atoms with Gasteiger partial charge in [-0.15, -0.1) is 0 Å². The van der Waals surface area contributed by atoms with Gasteiger partial charge in [0.1, 0.15) is 5.69 Å². The van der Waals surface area contributed by atoms with Crippen molar-refractivity contribution in [3.63, 3.8) is 0 Å². The number of hydrogen-bond donors (Lipinski definition) is 1. The molecule has 9 heteroatoms. The van der Waals surface area contributed by atoms with Gasteiger partial charge >= 0.3 is 0 Å². The molecule has 132 valence electrons. The second kappa shape index (κ2) is 6.19. The molecule has 3 rings (SSSR count). The maximum absolute atomic E-state index is 12.6. The summed E-state index contributed by atoms with van der Waals surface area (Å²) in [6, 6.07) is 0.620. The number of fused-ring (bicyclic) bond motifs is 1. The highest BCUT2D eigenvalue weighted by molar-refractivity contribution is 7.91. The van der Waals surface area contributed by atoms with E-state index >= 15 is 0 Å². The number of carbonyl (C=O) groups is 2. The van der Waals surface area contributed by atoms with Crippen LogP contribution >= 0.6 is 0 Å². The van der Waals surface area contributed by atoms with Crippen LogP contribution in [0.15, 0.2) is 12.3 Å². The summed E-state index contributed by atoms with van der Waals surface area (Å²) in [5, 5.41) is 6.40. The summed E-state index contributed by atoms with van der Waals surface area (Å²) in [6.45, 7) is 4.61. The number of sulfone groups is 1. The Morgan fingerprint density at radius 1 is 1.25 bits per heavy atom. The Morgan fingerprint density at radius 3 is 2.46 bits per heavy atom. The van der Waals surface area contributed by atoms with Gasteiger partial charge in [-0.3, -0.25) is 14.7 Å². The van der Waals surface area contributed by atoms with Crippen LogP contribution in [0.5, 0.6) is 0 Å². The molecule has 0 aromatic carbocycles. The lowest BCUT2D eigenvalue weighted by molar-refractivity contribution is -0.137. The number of hydrogen-bond acceptors (Lipinski definition) is 5. The third kappa shape index (κ3) is 3.17. The molecule has 1 aromatic heterocycles. The summed E-state index contributed by atoms with van der Waals surface area (Å²) >= 11 is 0. The van der Waals surface area contributed by atoms with Crippen LogP contribution in [0, 0.1) is 5.92 Å². The highest BCUT2D eigenvalue weighted by Crippen LogP contribution is 2.28. The molecule has 0 saturated carbocycles. The van der Waals surface area contributed by atoms with Crippen LogP contribution in [-0.4, -0.2) is 76.9 Å². The number of nitrogens with zero attached hydrogens (tertiary/aromatic N) is 3. The van der Waals surface area contributed by atoms with Gasteiger partial charge in [-0.2, -0.15) is 5.10 Å².